The molecule has 2 aromatic rings. The molecule has 1 heterocycles. The maximum absolute atomic E-state index is 11.6. The maximum Gasteiger partial charge on any atom is 0.354 e. The summed E-state index contributed by atoms with van der Waals surface area (Å²) in [6, 6.07) is 5.10. The molecule has 0 amide bonds. The summed E-state index contributed by atoms with van der Waals surface area (Å²) in [4.78, 5) is 14.6. The quantitative estimate of drug-likeness (QED) is 0.643. The lowest BCUT2D eigenvalue weighted by Gasteiger charge is -2.03. The number of aromatic amines is 1. The zero-order valence-corrected chi connectivity index (χ0v) is 10.2. The average molecular weight is 245 g/mol. The zero-order chi connectivity index (χ0) is 13.1. The number of H-pyrrole nitrogens is 1. The van der Waals surface area contributed by atoms with Crippen LogP contribution >= 0.6 is 0 Å². The van der Waals surface area contributed by atoms with E-state index in [0.29, 0.717) is 18.7 Å². The highest BCUT2D eigenvalue weighted by Gasteiger charge is 2.13. The largest absolute Gasteiger partial charge is 0.508 e. The molecule has 1 aromatic heterocycles. The number of carbonyl (C=O) groups is 1. The number of hydrogen-bond donors (Lipinski definition) is 2. The van der Waals surface area contributed by atoms with Gasteiger partial charge < -0.3 is 14.8 Å². The van der Waals surface area contributed by atoms with Crippen molar-refractivity contribution < 1.29 is 14.6 Å². The van der Waals surface area contributed by atoms with Crippen molar-refractivity contribution in [1.29, 1.82) is 0 Å². The van der Waals surface area contributed by atoms with Crippen LogP contribution in [0.4, 0.5) is 0 Å². The number of benzene rings is 1. The first kappa shape index (κ1) is 12.2. The molecule has 0 atom stereocenters. The summed E-state index contributed by atoms with van der Waals surface area (Å²) in [6.45, 7) is 5.75. The molecular weight excluding hydrogens is 230 g/mol. The number of nitrogens with one attached hydrogen (secondary N) is 1. The lowest BCUT2D eigenvalue weighted by molar-refractivity contribution is 0.0520. The van der Waals surface area contributed by atoms with Gasteiger partial charge in [0.2, 0.25) is 0 Å². The fourth-order valence-corrected chi connectivity index (χ4v) is 1.92. The van der Waals surface area contributed by atoms with Crippen LogP contribution < -0.4 is 0 Å². The van der Waals surface area contributed by atoms with Gasteiger partial charge in [-0.2, -0.15) is 0 Å². The smallest absolute Gasteiger partial charge is 0.354 e. The van der Waals surface area contributed by atoms with Crippen LogP contribution in [0.25, 0.3) is 10.9 Å². The number of hydrogen-bond acceptors (Lipinski definition) is 3. The number of esters is 1. The summed E-state index contributed by atoms with van der Waals surface area (Å²) in [5.41, 5.74) is 1.87. The van der Waals surface area contributed by atoms with E-state index in [1.807, 2.05) is 0 Å². The van der Waals surface area contributed by atoms with E-state index >= 15 is 0 Å². The Hall–Kier alpha value is -2.23. The Morgan fingerprint density at radius 1 is 1.56 bits per heavy atom. The second kappa shape index (κ2) is 4.96. The number of phenolic OH excluding ortho intramolecular Hbond substituents is 1. The normalized spacial score (nSPS) is 10.5. The molecule has 0 radical (unpaired) electrons. The van der Waals surface area contributed by atoms with Crippen LogP contribution in [-0.4, -0.2) is 22.7 Å². The Morgan fingerprint density at radius 2 is 2.33 bits per heavy atom. The Morgan fingerprint density at radius 3 is 3.00 bits per heavy atom. The van der Waals surface area contributed by atoms with E-state index in [2.05, 4.69) is 11.6 Å². The molecule has 0 fully saturated rings. The van der Waals surface area contributed by atoms with Crippen molar-refractivity contribution in [3.8, 4) is 5.75 Å². The van der Waals surface area contributed by atoms with Crippen LogP contribution in [0, 0.1) is 0 Å². The molecule has 0 bridgehead atoms. The Kier molecular flexibility index (Phi) is 3.37. The number of carbonyl (C=O) groups excluding carboxylic acids is 1. The predicted octanol–water partition coefficient (Wildman–Crippen LogP) is 2.78. The Labute approximate surface area is 105 Å². The van der Waals surface area contributed by atoms with Crippen molar-refractivity contribution in [2.24, 2.45) is 0 Å². The molecule has 0 saturated carbocycles. The van der Waals surface area contributed by atoms with E-state index in [-0.39, 0.29) is 5.75 Å². The second-order valence-corrected chi connectivity index (χ2v) is 3.92. The minimum atomic E-state index is -0.391. The van der Waals surface area contributed by atoms with Crippen LogP contribution in [0.3, 0.4) is 0 Å². The fourth-order valence-electron chi connectivity index (χ4n) is 1.92. The standard InChI is InChI=1S/C14H15NO3/c1-3-5-10-12(16)7-6-9-8-11(15-13(9)10)14(17)18-4-2/h3,6-8,15-16H,1,4-5H2,2H3. The molecule has 0 aliphatic rings. The molecule has 18 heavy (non-hydrogen) atoms. The van der Waals surface area contributed by atoms with Gasteiger partial charge in [-0.15, -0.1) is 6.58 Å². The topological polar surface area (TPSA) is 62.3 Å². The van der Waals surface area contributed by atoms with Gasteiger partial charge in [-0.05, 0) is 31.5 Å². The van der Waals surface area contributed by atoms with Crippen LogP contribution in [0.15, 0.2) is 30.9 Å². The molecule has 4 nitrogen and oxygen atoms in total. The third kappa shape index (κ3) is 2.09. The van der Waals surface area contributed by atoms with Gasteiger partial charge in [-0.25, -0.2) is 4.79 Å². The van der Waals surface area contributed by atoms with E-state index in [9.17, 15) is 9.90 Å². The molecule has 1 aromatic carbocycles. The fraction of sp³-hybridized carbons (Fsp3) is 0.214. The maximum atomic E-state index is 11.6. The lowest BCUT2D eigenvalue weighted by atomic mass is 10.1. The van der Waals surface area contributed by atoms with Crippen molar-refractivity contribution in [3.63, 3.8) is 0 Å². The monoisotopic (exact) mass is 245 g/mol. The number of phenols is 1. The van der Waals surface area contributed by atoms with Crippen LogP contribution in [0.2, 0.25) is 0 Å². The van der Waals surface area contributed by atoms with Gasteiger partial charge in [0.05, 0.1) is 12.1 Å². The minimum absolute atomic E-state index is 0.194. The van der Waals surface area contributed by atoms with Crippen LogP contribution in [-0.2, 0) is 11.2 Å². The Bertz CT molecular complexity index is 598. The lowest BCUT2D eigenvalue weighted by Crippen LogP contribution is -2.04. The highest BCUT2D eigenvalue weighted by Crippen LogP contribution is 2.28. The summed E-state index contributed by atoms with van der Waals surface area (Å²) < 4.78 is 4.93. The van der Waals surface area contributed by atoms with Crippen LogP contribution in [0.5, 0.6) is 5.75 Å². The molecule has 0 saturated heterocycles. The Balaban J connectivity index is 2.53. The van der Waals surface area contributed by atoms with Gasteiger partial charge in [0, 0.05) is 10.9 Å². The number of allylic oxidation sites excluding steroid dienone is 1. The molecule has 2 N–H and O–H groups in total. The highest BCUT2D eigenvalue weighted by molar-refractivity contribution is 5.96. The third-order valence-corrected chi connectivity index (χ3v) is 2.72. The third-order valence-electron chi connectivity index (χ3n) is 2.72. The van der Waals surface area contributed by atoms with Crippen molar-refractivity contribution >= 4 is 16.9 Å². The van der Waals surface area contributed by atoms with E-state index < -0.39 is 5.97 Å². The van der Waals surface area contributed by atoms with Crippen molar-refractivity contribution in [2.75, 3.05) is 6.61 Å². The number of fused-ring (bicyclic) bond motifs is 1. The van der Waals surface area contributed by atoms with Crippen LogP contribution in [0.1, 0.15) is 23.0 Å². The first-order valence-corrected chi connectivity index (χ1v) is 5.79. The summed E-state index contributed by atoms with van der Waals surface area (Å²) >= 11 is 0. The van der Waals surface area contributed by atoms with Gasteiger partial charge >= 0.3 is 5.97 Å². The van der Waals surface area contributed by atoms with E-state index in [4.69, 9.17) is 4.74 Å². The molecule has 0 aliphatic heterocycles. The van der Waals surface area contributed by atoms with Gasteiger partial charge in [0.25, 0.3) is 0 Å². The number of rotatable bonds is 4. The number of ether oxygens (including phenoxy) is 1. The molecule has 2 rings (SSSR count). The highest BCUT2D eigenvalue weighted by atomic mass is 16.5. The summed E-state index contributed by atoms with van der Waals surface area (Å²) in [7, 11) is 0. The summed E-state index contributed by atoms with van der Waals surface area (Å²) in [5.74, 6) is -0.197. The van der Waals surface area contributed by atoms with E-state index in [0.717, 1.165) is 16.5 Å². The van der Waals surface area contributed by atoms with E-state index in [1.54, 1.807) is 31.2 Å². The first-order chi connectivity index (χ1) is 8.67. The average Bonchev–Trinajstić information content (AvgIpc) is 2.77. The minimum Gasteiger partial charge on any atom is -0.508 e. The molecule has 0 spiro atoms. The van der Waals surface area contributed by atoms with Crippen molar-refractivity contribution in [3.05, 3.63) is 42.1 Å². The molecule has 0 unspecified atom stereocenters. The number of aromatic nitrogens is 1. The molecule has 0 aliphatic carbocycles. The first-order valence-electron chi connectivity index (χ1n) is 5.79. The second-order valence-electron chi connectivity index (χ2n) is 3.92. The molecular formula is C14H15NO3. The predicted molar refractivity (Wildman–Crippen MR) is 69.8 cm³/mol. The van der Waals surface area contributed by atoms with Gasteiger partial charge in [-0.1, -0.05) is 6.08 Å². The summed E-state index contributed by atoms with van der Waals surface area (Å²) in [5, 5.41) is 10.7. The SMILES string of the molecule is C=CCc1c(O)ccc2cc(C(=O)OCC)[nH]c12. The molecule has 4 heteroatoms. The van der Waals surface area contributed by atoms with Gasteiger partial charge in [-0.3, -0.25) is 0 Å². The van der Waals surface area contributed by atoms with Gasteiger partial charge in [0.1, 0.15) is 11.4 Å². The van der Waals surface area contributed by atoms with Crippen molar-refractivity contribution in [2.45, 2.75) is 13.3 Å². The van der Waals surface area contributed by atoms with E-state index in [1.165, 1.54) is 0 Å². The summed E-state index contributed by atoms with van der Waals surface area (Å²) in [6.07, 6.45) is 2.24. The number of aromatic hydroxyl groups is 1. The zero-order valence-electron chi connectivity index (χ0n) is 10.2. The molecule has 94 valence electrons. The van der Waals surface area contributed by atoms with Gasteiger partial charge in [0.15, 0.2) is 0 Å². The van der Waals surface area contributed by atoms with Crippen molar-refractivity contribution in [1.82, 2.24) is 4.98 Å².